The van der Waals surface area contributed by atoms with Crippen LogP contribution in [0.25, 0.3) is 22.8 Å². The Morgan fingerprint density at radius 3 is 2.27 bits per heavy atom. The van der Waals surface area contributed by atoms with Gasteiger partial charge in [0.15, 0.2) is 9.84 Å². The maximum absolute atomic E-state index is 16.0. The number of ether oxygens (including phenoxy) is 1. The Morgan fingerprint density at radius 1 is 1.06 bits per heavy atom. The van der Waals surface area contributed by atoms with Crippen LogP contribution in [0.4, 0.5) is 36.8 Å². The molecule has 20 heteroatoms. The molecule has 5 rings (SSSR count). The van der Waals surface area contributed by atoms with Gasteiger partial charge < -0.3 is 23.9 Å². The highest BCUT2D eigenvalue weighted by Gasteiger charge is 2.47. The number of alkyl halides is 5. The number of carbonyl (C=O) groups excluding carboxylic acids is 2. The molecule has 1 N–H and O–H groups in total. The predicted octanol–water partition coefficient (Wildman–Crippen LogP) is 6.15. The lowest BCUT2D eigenvalue weighted by Gasteiger charge is -2.27. The zero-order valence-corrected chi connectivity index (χ0v) is 28.5. The first-order chi connectivity index (χ1) is 23.4. The highest BCUT2D eigenvalue weighted by Crippen LogP contribution is 2.45. The van der Waals surface area contributed by atoms with Gasteiger partial charge in [-0.3, -0.25) is 4.79 Å². The summed E-state index contributed by atoms with van der Waals surface area (Å²) in [6.45, 7) is 6.62. The molecule has 274 valence electrons. The summed E-state index contributed by atoms with van der Waals surface area (Å²) >= 11 is 0. The second-order valence-electron chi connectivity index (χ2n) is 13.2. The number of alkyl carbamates (subject to hydrolysis) is 1. The summed E-state index contributed by atoms with van der Waals surface area (Å²) < 4.78 is 124. The fraction of sp³-hybridized carbons (Fsp3) is 0.419. The van der Waals surface area contributed by atoms with Gasteiger partial charge in [0.1, 0.15) is 22.2 Å². The topological polar surface area (TPSA) is 171 Å². The van der Waals surface area contributed by atoms with Crippen molar-refractivity contribution in [3.05, 3.63) is 65.1 Å². The number of halogens is 6. The highest BCUT2D eigenvalue weighted by molar-refractivity contribution is 7.91. The van der Waals surface area contributed by atoms with Crippen molar-refractivity contribution in [2.75, 3.05) is 11.2 Å². The average Bonchev–Trinajstić information content (AvgIpc) is 3.68. The van der Waals surface area contributed by atoms with E-state index in [-0.39, 0.29) is 11.1 Å². The molecule has 0 saturated heterocycles. The van der Waals surface area contributed by atoms with Gasteiger partial charge in [-0.25, -0.2) is 26.4 Å². The van der Waals surface area contributed by atoms with Crippen molar-refractivity contribution in [2.45, 2.75) is 76.1 Å². The van der Waals surface area contributed by atoms with E-state index < -0.39 is 109 Å². The van der Waals surface area contributed by atoms with Gasteiger partial charge in [0.25, 0.3) is 11.8 Å². The molecule has 2 aromatic carbocycles. The Hall–Kier alpha value is -5.01. The molecule has 3 heterocycles. The Labute approximate surface area is 286 Å². The smallest absolute Gasteiger partial charge is 0.444 e. The summed E-state index contributed by atoms with van der Waals surface area (Å²) in [5.41, 5.74) is -2.72. The van der Waals surface area contributed by atoms with Crippen LogP contribution in [-0.4, -0.2) is 58.7 Å². The number of amides is 2. The number of rotatable bonds is 7. The molecule has 51 heavy (non-hydrogen) atoms. The van der Waals surface area contributed by atoms with Crippen LogP contribution in [0.2, 0.25) is 0 Å². The molecule has 2 amide bonds. The minimum atomic E-state index is -4.89. The molecule has 0 aliphatic carbocycles. The lowest BCUT2D eigenvalue weighted by Crippen LogP contribution is -2.49. The maximum Gasteiger partial charge on any atom is 0.471 e. The number of hydrogen-bond acceptors (Lipinski definition) is 11. The number of hydrogen-bond donors (Lipinski definition) is 1. The SMILES string of the molecule is CC(C)(C)OC(=O)NC1CC(F)(F)c2cc(F)c(-c3nnc(C(C)(C)S(C)(=O)=O)o3)cc2N(Cc2ccc(-c3noc(C(F)(F)F)n3)cc2)C1=O. The van der Waals surface area contributed by atoms with Gasteiger partial charge in [-0.1, -0.05) is 29.4 Å². The molecule has 1 aliphatic heterocycles. The highest BCUT2D eigenvalue weighted by atomic mass is 32.2. The molecular formula is C31H30F6N6O7S. The normalized spacial score (nSPS) is 16.8. The van der Waals surface area contributed by atoms with Gasteiger partial charge in [-0.15, -0.1) is 10.2 Å². The zero-order valence-electron chi connectivity index (χ0n) is 27.7. The summed E-state index contributed by atoms with van der Waals surface area (Å²) in [5.74, 6) is -9.21. The average molecular weight is 745 g/mol. The molecule has 0 fully saturated rings. The van der Waals surface area contributed by atoms with Crippen LogP contribution in [-0.2, 0) is 42.8 Å². The third kappa shape index (κ3) is 7.69. The van der Waals surface area contributed by atoms with Gasteiger partial charge in [0, 0.05) is 23.8 Å². The quantitative estimate of drug-likeness (QED) is 0.216. The number of nitrogens with zero attached hydrogens (tertiary/aromatic N) is 5. The summed E-state index contributed by atoms with van der Waals surface area (Å²) in [6, 6.07) is 4.76. The van der Waals surface area contributed by atoms with Gasteiger partial charge in [-0.2, -0.15) is 18.2 Å². The lowest BCUT2D eigenvalue weighted by molar-refractivity contribution is -0.159. The van der Waals surface area contributed by atoms with Crippen molar-refractivity contribution in [3.63, 3.8) is 0 Å². The van der Waals surface area contributed by atoms with Crippen LogP contribution in [0.1, 0.15) is 63.9 Å². The number of benzene rings is 2. The van der Waals surface area contributed by atoms with Crippen LogP contribution in [0.15, 0.2) is 45.3 Å². The molecule has 1 aliphatic rings. The van der Waals surface area contributed by atoms with E-state index in [0.29, 0.717) is 6.07 Å². The number of nitrogens with one attached hydrogen (secondary N) is 1. The Morgan fingerprint density at radius 2 is 1.71 bits per heavy atom. The molecule has 0 saturated carbocycles. The van der Waals surface area contributed by atoms with Crippen molar-refractivity contribution in [3.8, 4) is 22.8 Å². The van der Waals surface area contributed by atoms with Crippen molar-refractivity contribution in [1.29, 1.82) is 0 Å². The van der Waals surface area contributed by atoms with E-state index in [1.54, 1.807) is 0 Å². The zero-order chi connectivity index (χ0) is 37.9. The van der Waals surface area contributed by atoms with E-state index in [0.717, 1.165) is 17.2 Å². The predicted molar refractivity (Wildman–Crippen MR) is 165 cm³/mol. The van der Waals surface area contributed by atoms with Crippen LogP contribution in [0, 0.1) is 5.82 Å². The minimum absolute atomic E-state index is 0.0881. The lowest BCUT2D eigenvalue weighted by atomic mass is 9.99. The maximum atomic E-state index is 16.0. The second kappa shape index (κ2) is 12.6. The third-order valence-electron chi connectivity index (χ3n) is 7.80. The van der Waals surface area contributed by atoms with Gasteiger partial charge in [0.2, 0.25) is 17.6 Å². The second-order valence-corrected chi connectivity index (χ2v) is 15.8. The summed E-state index contributed by atoms with van der Waals surface area (Å²) in [4.78, 5) is 30.9. The number of sulfone groups is 1. The number of anilines is 1. The van der Waals surface area contributed by atoms with E-state index in [4.69, 9.17) is 9.15 Å². The Balaban J connectivity index is 1.59. The summed E-state index contributed by atoms with van der Waals surface area (Å²) in [6.07, 6.45) is -6.44. The van der Waals surface area contributed by atoms with E-state index in [1.807, 2.05) is 0 Å². The fourth-order valence-corrected chi connectivity index (χ4v) is 5.26. The van der Waals surface area contributed by atoms with E-state index in [2.05, 4.69) is 30.2 Å². The Bertz CT molecular complexity index is 2090. The van der Waals surface area contributed by atoms with Crippen molar-refractivity contribution in [1.82, 2.24) is 25.7 Å². The molecule has 0 bridgehead atoms. The summed E-state index contributed by atoms with van der Waals surface area (Å²) in [5, 5.41) is 12.9. The molecule has 1 unspecified atom stereocenters. The van der Waals surface area contributed by atoms with Gasteiger partial charge in [-0.05, 0) is 52.3 Å². The fourth-order valence-electron chi connectivity index (χ4n) is 4.86. The molecule has 13 nitrogen and oxygen atoms in total. The molecule has 0 spiro atoms. The molecule has 4 aromatic rings. The first-order valence-corrected chi connectivity index (χ1v) is 16.8. The monoisotopic (exact) mass is 744 g/mol. The van der Waals surface area contributed by atoms with E-state index in [1.165, 1.54) is 58.9 Å². The first kappa shape index (κ1) is 37.3. The standard InChI is InChI=1S/C31H30F6N6O7S/c1-28(2,3)49-27(45)38-20-13-30(33,34)18-12-19(32)17(23-40-41-25(48-23)29(4,5)51(6,46)47)11-21(18)43(24(20)44)14-15-7-9-16(10-8-15)22-39-26(50-42-22)31(35,36)37/h7-12,20H,13-14H2,1-6H3,(H,38,45). The Kier molecular flexibility index (Phi) is 9.23. The first-order valence-electron chi connectivity index (χ1n) is 14.9. The molecule has 1 atom stereocenters. The minimum Gasteiger partial charge on any atom is -0.444 e. The number of aromatic nitrogens is 4. The molecule has 0 radical (unpaired) electrons. The van der Waals surface area contributed by atoms with E-state index >= 15 is 13.2 Å². The number of carbonyl (C=O) groups is 2. The summed E-state index contributed by atoms with van der Waals surface area (Å²) in [7, 11) is -3.82. The van der Waals surface area contributed by atoms with Crippen molar-refractivity contribution in [2.24, 2.45) is 0 Å². The molecular weight excluding hydrogens is 714 g/mol. The van der Waals surface area contributed by atoms with Crippen LogP contribution in [0.3, 0.4) is 0 Å². The van der Waals surface area contributed by atoms with Gasteiger partial charge in [0.05, 0.1) is 17.8 Å². The van der Waals surface area contributed by atoms with Crippen molar-refractivity contribution < 1.29 is 58.0 Å². The van der Waals surface area contributed by atoms with E-state index in [9.17, 15) is 31.2 Å². The van der Waals surface area contributed by atoms with Crippen LogP contribution in [0.5, 0.6) is 0 Å². The van der Waals surface area contributed by atoms with Crippen LogP contribution >= 0.6 is 0 Å². The van der Waals surface area contributed by atoms with Gasteiger partial charge >= 0.3 is 18.2 Å². The van der Waals surface area contributed by atoms with Crippen LogP contribution < -0.4 is 10.2 Å². The molecule has 2 aromatic heterocycles. The third-order valence-corrected chi connectivity index (χ3v) is 9.83. The number of fused-ring (bicyclic) bond motifs is 1. The largest absolute Gasteiger partial charge is 0.471 e. The van der Waals surface area contributed by atoms with Crippen molar-refractivity contribution >= 4 is 27.5 Å².